The highest BCUT2D eigenvalue weighted by atomic mass is 32.2. The molecule has 0 amide bonds. The van der Waals surface area contributed by atoms with E-state index in [0.717, 1.165) is 11.4 Å². The highest BCUT2D eigenvalue weighted by Gasteiger charge is 2.18. The summed E-state index contributed by atoms with van der Waals surface area (Å²) in [7, 11) is 0. The summed E-state index contributed by atoms with van der Waals surface area (Å²) >= 11 is 1.78. The van der Waals surface area contributed by atoms with Gasteiger partial charge in [-0.1, -0.05) is 25.9 Å². The summed E-state index contributed by atoms with van der Waals surface area (Å²) in [5.74, 6) is 1.89. The van der Waals surface area contributed by atoms with Crippen LogP contribution < -0.4 is 5.73 Å². The number of thioether (sulfide) groups is 1. The lowest BCUT2D eigenvalue weighted by Crippen LogP contribution is -2.14. The van der Waals surface area contributed by atoms with Crippen molar-refractivity contribution in [1.82, 2.24) is 20.1 Å². The molecule has 1 atom stereocenters. The standard InChI is InChI=1S/C12H19N5OS/c1-12(2,3)19-6-10-16-11(18-17-10)9(13)4-8-5-14-7-15-8/h5,7,9H,4,6,13H2,1-3H3,(H,14,15)/t9-/m1/s1. The van der Waals surface area contributed by atoms with Crippen LogP contribution >= 0.6 is 11.8 Å². The van der Waals surface area contributed by atoms with E-state index in [0.29, 0.717) is 18.1 Å². The molecule has 0 aliphatic rings. The molecule has 2 heterocycles. The van der Waals surface area contributed by atoms with Gasteiger partial charge in [0.25, 0.3) is 0 Å². The fraction of sp³-hybridized carbons (Fsp3) is 0.583. The van der Waals surface area contributed by atoms with Gasteiger partial charge in [-0.3, -0.25) is 0 Å². The molecule has 0 radical (unpaired) electrons. The first-order valence-electron chi connectivity index (χ1n) is 6.13. The van der Waals surface area contributed by atoms with Crippen molar-refractivity contribution in [1.29, 1.82) is 0 Å². The van der Waals surface area contributed by atoms with E-state index in [2.05, 4.69) is 40.9 Å². The van der Waals surface area contributed by atoms with Crippen molar-refractivity contribution >= 4 is 11.8 Å². The largest absolute Gasteiger partial charge is 0.348 e. The van der Waals surface area contributed by atoms with E-state index < -0.39 is 0 Å². The molecule has 7 heteroatoms. The average molecular weight is 281 g/mol. The minimum Gasteiger partial charge on any atom is -0.348 e. The Morgan fingerprint density at radius 1 is 1.47 bits per heavy atom. The summed E-state index contributed by atoms with van der Waals surface area (Å²) in [5, 5.41) is 3.96. The van der Waals surface area contributed by atoms with E-state index in [9.17, 15) is 0 Å². The highest BCUT2D eigenvalue weighted by molar-refractivity contribution is 7.99. The summed E-state index contributed by atoms with van der Waals surface area (Å²) in [6.45, 7) is 6.47. The van der Waals surface area contributed by atoms with E-state index in [1.165, 1.54) is 0 Å². The minimum atomic E-state index is -0.304. The van der Waals surface area contributed by atoms with E-state index in [-0.39, 0.29) is 10.8 Å². The van der Waals surface area contributed by atoms with Gasteiger partial charge in [-0.2, -0.15) is 4.98 Å². The second-order valence-electron chi connectivity index (χ2n) is 5.34. The van der Waals surface area contributed by atoms with Gasteiger partial charge in [-0.25, -0.2) is 4.98 Å². The van der Waals surface area contributed by atoms with Gasteiger partial charge in [0.05, 0.1) is 18.1 Å². The Morgan fingerprint density at radius 2 is 2.26 bits per heavy atom. The fourth-order valence-electron chi connectivity index (χ4n) is 1.48. The summed E-state index contributed by atoms with van der Waals surface area (Å²) < 4.78 is 5.39. The van der Waals surface area contributed by atoms with Crippen molar-refractivity contribution < 1.29 is 4.52 Å². The predicted octanol–water partition coefficient (Wildman–Crippen LogP) is 2.07. The van der Waals surface area contributed by atoms with Crippen LogP contribution in [0.2, 0.25) is 0 Å². The molecular weight excluding hydrogens is 262 g/mol. The number of aromatic amines is 1. The van der Waals surface area contributed by atoms with Gasteiger partial charge in [0.15, 0.2) is 5.82 Å². The maximum atomic E-state index is 6.03. The van der Waals surface area contributed by atoms with E-state index in [1.807, 2.05) is 0 Å². The smallest absolute Gasteiger partial charge is 0.243 e. The molecule has 6 nitrogen and oxygen atoms in total. The van der Waals surface area contributed by atoms with Crippen LogP contribution in [-0.2, 0) is 12.2 Å². The summed E-state index contributed by atoms with van der Waals surface area (Å²) in [4.78, 5) is 11.3. The monoisotopic (exact) mass is 281 g/mol. The molecule has 0 fully saturated rings. The zero-order valence-electron chi connectivity index (χ0n) is 11.4. The maximum absolute atomic E-state index is 6.03. The van der Waals surface area contributed by atoms with Crippen LogP contribution in [-0.4, -0.2) is 24.9 Å². The number of aromatic nitrogens is 4. The minimum absolute atomic E-state index is 0.179. The molecular formula is C12H19N5OS. The number of nitrogens with two attached hydrogens (primary N) is 1. The Labute approximate surface area is 116 Å². The highest BCUT2D eigenvalue weighted by Crippen LogP contribution is 2.26. The first kappa shape index (κ1) is 14.1. The molecule has 19 heavy (non-hydrogen) atoms. The third-order valence-electron chi connectivity index (χ3n) is 2.43. The van der Waals surface area contributed by atoms with E-state index in [1.54, 1.807) is 24.3 Å². The van der Waals surface area contributed by atoms with E-state index >= 15 is 0 Å². The number of hydrogen-bond donors (Lipinski definition) is 2. The van der Waals surface area contributed by atoms with Crippen LogP contribution in [0.3, 0.4) is 0 Å². The average Bonchev–Trinajstić information content (AvgIpc) is 2.95. The lowest BCUT2D eigenvalue weighted by Gasteiger charge is -2.15. The lowest BCUT2D eigenvalue weighted by molar-refractivity contribution is 0.350. The third kappa shape index (κ3) is 4.36. The number of rotatable bonds is 5. The summed E-state index contributed by atoms with van der Waals surface area (Å²) in [5.41, 5.74) is 6.99. The second-order valence-corrected chi connectivity index (χ2v) is 7.14. The molecule has 2 aromatic heterocycles. The van der Waals surface area contributed by atoms with Gasteiger partial charge >= 0.3 is 0 Å². The predicted molar refractivity (Wildman–Crippen MR) is 74.6 cm³/mol. The fourth-order valence-corrected chi connectivity index (χ4v) is 2.16. The topological polar surface area (TPSA) is 93.6 Å². The van der Waals surface area contributed by atoms with Crippen molar-refractivity contribution in [3.63, 3.8) is 0 Å². The number of nitrogens with one attached hydrogen (secondary N) is 1. The molecule has 0 aromatic carbocycles. The second kappa shape index (κ2) is 5.75. The first-order valence-corrected chi connectivity index (χ1v) is 7.12. The Bertz CT molecular complexity index is 502. The van der Waals surface area contributed by atoms with Gasteiger partial charge in [0.1, 0.15) is 0 Å². The molecule has 104 valence electrons. The van der Waals surface area contributed by atoms with Gasteiger partial charge in [0.2, 0.25) is 5.89 Å². The van der Waals surface area contributed by atoms with Crippen LogP contribution in [0.5, 0.6) is 0 Å². The number of H-pyrrole nitrogens is 1. The van der Waals surface area contributed by atoms with Crippen molar-refractivity contribution in [3.05, 3.63) is 29.9 Å². The van der Waals surface area contributed by atoms with Crippen LogP contribution in [0.1, 0.15) is 44.2 Å². The van der Waals surface area contributed by atoms with E-state index in [4.69, 9.17) is 10.3 Å². The van der Waals surface area contributed by atoms with Gasteiger partial charge in [0, 0.05) is 23.1 Å². The Kier molecular flexibility index (Phi) is 4.26. The molecule has 0 bridgehead atoms. The molecule has 0 saturated carbocycles. The maximum Gasteiger partial charge on any atom is 0.243 e. The number of imidazole rings is 1. The third-order valence-corrected chi connectivity index (χ3v) is 3.70. The summed E-state index contributed by atoms with van der Waals surface area (Å²) in [6, 6.07) is -0.304. The van der Waals surface area contributed by atoms with Crippen LogP contribution in [0.15, 0.2) is 17.0 Å². The molecule has 0 spiro atoms. The molecule has 0 aliphatic heterocycles. The molecule has 2 rings (SSSR count). The van der Waals surface area contributed by atoms with Gasteiger partial charge < -0.3 is 15.2 Å². The lowest BCUT2D eigenvalue weighted by atomic mass is 10.2. The van der Waals surface area contributed by atoms with Crippen molar-refractivity contribution in [2.24, 2.45) is 5.73 Å². The van der Waals surface area contributed by atoms with Gasteiger partial charge in [-0.15, -0.1) is 11.8 Å². The Hall–Kier alpha value is -1.34. The summed E-state index contributed by atoms with van der Waals surface area (Å²) in [6.07, 6.45) is 3.97. The molecule has 0 aliphatic carbocycles. The Balaban J connectivity index is 1.92. The normalized spacial score (nSPS) is 13.7. The van der Waals surface area contributed by atoms with Crippen molar-refractivity contribution in [2.45, 2.75) is 43.7 Å². The first-order chi connectivity index (χ1) is 8.94. The van der Waals surface area contributed by atoms with Crippen LogP contribution in [0.25, 0.3) is 0 Å². The van der Waals surface area contributed by atoms with Crippen molar-refractivity contribution in [3.8, 4) is 0 Å². The van der Waals surface area contributed by atoms with Gasteiger partial charge in [-0.05, 0) is 0 Å². The SMILES string of the molecule is CC(C)(C)SCc1noc([C@H](N)Cc2cnc[nH]2)n1. The number of nitrogens with zero attached hydrogens (tertiary/aromatic N) is 3. The zero-order chi connectivity index (χ0) is 13.9. The quantitative estimate of drug-likeness (QED) is 0.871. The van der Waals surface area contributed by atoms with Crippen LogP contribution in [0, 0.1) is 0 Å². The molecule has 0 saturated heterocycles. The zero-order valence-corrected chi connectivity index (χ0v) is 12.2. The number of hydrogen-bond acceptors (Lipinski definition) is 6. The Morgan fingerprint density at radius 3 is 2.89 bits per heavy atom. The van der Waals surface area contributed by atoms with Crippen molar-refractivity contribution in [2.75, 3.05) is 0 Å². The molecule has 3 N–H and O–H groups in total. The molecule has 0 unspecified atom stereocenters. The van der Waals surface area contributed by atoms with Crippen LogP contribution in [0.4, 0.5) is 0 Å². The molecule has 2 aromatic rings.